The van der Waals surface area contributed by atoms with Crippen LogP contribution in [0.1, 0.15) is 30.0 Å². The largest absolute Gasteiger partial charge is 0.447 e. The molecule has 3 aromatic carbocycles. The lowest BCUT2D eigenvalue weighted by molar-refractivity contribution is -0.385. The SMILES string of the molecule is C[C@@H]1[C@@H]([Si](C)(C)O)[C@H](CC(=O)N(CCO)Cc2ccccc2)O[C@@]12C(=O)N(Cc1cccc(N3CCOC3=O)c1)c1ccc([N+](=O)[O-])cc12. The third kappa shape index (κ3) is 6.32. The van der Waals surface area contributed by atoms with Crippen LogP contribution in [0, 0.1) is 16.0 Å². The second-order valence-corrected chi connectivity index (χ2v) is 17.3. The zero-order chi connectivity index (χ0) is 35.1. The van der Waals surface area contributed by atoms with Gasteiger partial charge in [0.1, 0.15) is 6.61 Å². The molecule has 0 radical (unpaired) electrons. The van der Waals surface area contributed by atoms with Crippen molar-refractivity contribution >= 4 is 43.3 Å². The normalized spacial score (nSPS) is 23.2. The molecular formula is C35H40N4O9Si. The van der Waals surface area contributed by atoms with Crippen LogP contribution in [0.3, 0.4) is 0 Å². The van der Waals surface area contributed by atoms with Gasteiger partial charge in [0.05, 0.1) is 42.8 Å². The Balaban J connectivity index is 1.37. The monoisotopic (exact) mass is 688 g/mol. The highest BCUT2D eigenvalue weighted by molar-refractivity contribution is 6.71. The van der Waals surface area contributed by atoms with Crippen LogP contribution in [-0.2, 0) is 37.8 Å². The summed E-state index contributed by atoms with van der Waals surface area (Å²) in [6.45, 7) is 6.13. The number of carbonyl (C=O) groups is 3. The number of anilines is 2. The van der Waals surface area contributed by atoms with Crippen molar-refractivity contribution in [3.05, 3.63) is 99.6 Å². The van der Waals surface area contributed by atoms with Gasteiger partial charge in [-0.2, -0.15) is 0 Å². The number of fused-ring (bicyclic) bond motifs is 2. The lowest BCUT2D eigenvalue weighted by Gasteiger charge is -2.32. The number of nitrogens with zero attached hydrogens (tertiary/aromatic N) is 4. The number of ether oxygens (including phenoxy) is 2. The number of benzene rings is 3. The highest BCUT2D eigenvalue weighted by atomic mass is 28.4. The molecule has 14 heteroatoms. The van der Waals surface area contributed by atoms with Crippen LogP contribution in [0.5, 0.6) is 0 Å². The summed E-state index contributed by atoms with van der Waals surface area (Å²) < 4.78 is 11.8. The minimum absolute atomic E-state index is 0.0771. The van der Waals surface area contributed by atoms with E-state index in [4.69, 9.17) is 9.47 Å². The van der Waals surface area contributed by atoms with E-state index in [1.54, 1.807) is 38.2 Å². The maximum absolute atomic E-state index is 14.8. The molecule has 3 aliphatic heterocycles. The van der Waals surface area contributed by atoms with E-state index in [1.165, 1.54) is 32.9 Å². The fraction of sp³-hybridized carbons (Fsp3) is 0.400. The first-order valence-corrected chi connectivity index (χ1v) is 19.3. The van der Waals surface area contributed by atoms with Gasteiger partial charge in [0.15, 0.2) is 13.9 Å². The van der Waals surface area contributed by atoms with Crippen molar-refractivity contribution in [3.8, 4) is 0 Å². The van der Waals surface area contributed by atoms with Gasteiger partial charge in [-0.1, -0.05) is 49.4 Å². The van der Waals surface area contributed by atoms with Gasteiger partial charge in [0.2, 0.25) is 5.91 Å². The van der Waals surface area contributed by atoms with E-state index in [1.807, 2.05) is 36.4 Å². The molecule has 0 aromatic heterocycles. The molecule has 3 amide bonds. The molecule has 3 heterocycles. The van der Waals surface area contributed by atoms with Crippen LogP contribution in [0.4, 0.5) is 21.9 Å². The summed E-state index contributed by atoms with van der Waals surface area (Å²) in [5.74, 6) is -1.41. The standard InChI is InChI=1S/C35H40N4O9Si/c1-23-32(49(2,3)46)30(20-31(41)36(14-16-40)21-24-8-5-4-6-9-24)48-35(23)28-19-27(39(44)45)12-13-29(28)38(33(35)42)22-25-10-7-11-26(18-25)37-15-17-47-34(37)43/h4-13,18-19,23,30,32,40,46H,14-17,20-22H2,1-3H3/t23-,30+,32-,35+/m1/s1. The quantitative estimate of drug-likeness (QED) is 0.170. The van der Waals surface area contributed by atoms with Gasteiger partial charge in [0, 0.05) is 47.9 Å². The van der Waals surface area contributed by atoms with Crippen LogP contribution in [-0.4, -0.2) is 78.4 Å². The predicted molar refractivity (Wildman–Crippen MR) is 182 cm³/mol. The Bertz CT molecular complexity index is 1770. The summed E-state index contributed by atoms with van der Waals surface area (Å²) in [4.78, 5) is 68.6. The summed E-state index contributed by atoms with van der Waals surface area (Å²) in [6.07, 6.45) is -1.50. The minimum atomic E-state index is -3.15. The third-order valence-corrected chi connectivity index (χ3v) is 12.3. The number of nitro benzene ring substituents is 1. The van der Waals surface area contributed by atoms with Gasteiger partial charge in [-0.05, 0) is 42.4 Å². The lowest BCUT2D eigenvalue weighted by Crippen LogP contribution is -2.46. The molecule has 2 saturated heterocycles. The summed E-state index contributed by atoms with van der Waals surface area (Å²) in [7, 11) is -3.15. The Morgan fingerprint density at radius 2 is 1.82 bits per heavy atom. The number of carbonyl (C=O) groups excluding carboxylic acids is 3. The van der Waals surface area contributed by atoms with Crippen molar-refractivity contribution < 1.29 is 38.7 Å². The average Bonchev–Trinajstić information content (AvgIpc) is 3.70. The first kappa shape index (κ1) is 34.2. The Labute approximate surface area is 284 Å². The minimum Gasteiger partial charge on any atom is -0.447 e. The summed E-state index contributed by atoms with van der Waals surface area (Å²) in [5, 5.41) is 21.8. The molecule has 4 atom stereocenters. The lowest BCUT2D eigenvalue weighted by atomic mass is 9.82. The molecule has 1 spiro atoms. The molecule has 2 fully saturated rings. The zero-order valence-electron chi connectivity index (χ0n) is 27.7. The first-order chi connectivity index (χ1) is 23.3. The van der Waals surface area contributed by atoms with Gasteiger partial charge in [0.25, 0.3) is 11.6 Å². The van der Waals surface area contributed by atoms with Crippen molar-refractivity contribution in [1.29, 1.82) is 0 Å². The molecule has 0 saturated carbocycles. The van der Waals surface area contributed by atoms with Crippen LogP contribution in [0.2, 0.25) is 18.6 Å². The number of aliphatic hydroxyl groups excluding tert-OH is 1. The van der Waals surface area contributed by atoms with E-state index < -0.39 is 48.4 Å². The summed E-state index contributed by atoms with van der Waals surface area (Å²) >= 11 is 0. The van der Waals surface area contributed by atoms with Gasteiger partial charge >= 0.3 is 6.09 Å². The number of cyclic esters (lactones) is 1. The molecule has 13 nitrogen and oxygen atoms in total. The first-order valence-electron chi connectivity index (χ1n) is 16.3. The number of hydrogen-bond donors (Lipinski definition) is 2. The Kier molecular flexibility index (Phi) is 9.33. The molecule has 3 aliphatic rings. The maximum atomic E-state index is 14.8. The third-order valence-electron chi connectivity index (χ3n) is 9.82. The molecular weight excluding hydrogens is 648 g/mol. The van der Waals surface area contributed by atoms with Crippen molar-refractivity contribution in [1.82, 2.24) is 4.90 Å². The molecule has 0 aliphatic carbocycles. The smallest absolute Gasteiger partial charge is 0.414 e. The summed E-state index contributed by atoms with van der Waals surface area (Å²) in [5.41, 5.74) is 0.431. The predicted octanol–water partition coefficient (Wildman–Crippen LogP) is 4.31. The fourth-order valence-electron chi connectivity index (χ4n) is 7.69. The highest BCUT2D eigenvalue weighted by Gasteiger charge is 2.66. The topological polar surface area (TPSA) is 163 Å². The Morgan fingerprint density at radius 3 is 2.47 bits per heavy atom. The highest BCUT2D eigenvalue weighted by Crippen LogP contribution is 2.60. The number of hydrogen-bond acceptors (Lipinski definition) is 9. The van der Waals surface area contributed by atoms with Crippen LogP contribution in [0.15, 0.2) is 72.8 Å². The molecule has 0 bridgehead atoms. The van der Waals surface area contributed by atoms with E-state index in [9.17, 15) is 34.4 Å². The van der Waals surface area contributed by atoms with Crippen molar-refractivity contribution in [2.24, 2.45) is 5.92 Å². The van der Waals surface area contributed by atoms with Crippen LogP contribution < -0.4 is 9.80 Å². The van der Waals surface area contributed by atoms with Crippen molar-refractivity contribution in [2.75, 3.05) is 36.1 Å². The Hall–Kier alpha value is -4.63. The van der Waals surface area contributed by atoms with Gasteiger partial charge in [-0.25, -0.2) is 4.79 Å². The zero-order valence-corrected chi connectivity index (χ0v) is 28.7. The number of amides is 3. The van der Waals surface area contributed by atoms with E-state index >= 15 is 0 Å². The number of rotatable bonds is 11. The average molecular weight is 689 g/mol. The Morgan fingerprint density at radius 1 is 1.08 bits per heavy atom. The van der Waals surface area contributed by atoms with Gasteiger partial charge in [-0.3, -0.25) is 24.6 Å². The number of aliphatic hydroxyl groups is 1. The van der Waals surface area contributed by atoms with Crippen molar-refractivity contribution in [2.45, 2.75) is 56.8 Å². The summed E-state index contributed by atoms with van der Waals surface area (Å²) in [6, 6.07) is 20.8. The second-order valence-electron chi connectivity index (χ2n) is 13.4. The van der Waals surface area contributed by atoms with E-state index in [2.05, 4.69) is 0 Å². The molecule has 3 aromatic rings. The van der Waals surface area contributed by atoms with E-state index in [0.29, 0.717) is 29.0 Å². The fourth-order valence-corrected chi connectivity index (χ4v) is 10.2. The molecule has 49 heavy (non-hydrogen) atoms. The van der Waals surface area contributed by atoms with E-state index in [0.717, 1.165) is 5.56 Å². The maximum Gasteiger partial charge on any atom is 0.414 e. The van der Waals surface area contributed by atoms with Gasteiger partial charge in [-0.15, -0.1) is 0 Å². The van der Waals surface area contributed by atoms with Crippen LogP contribution >= 0.6 is 0 Å². The molecule has 2 N–H and O–H groups in total. The van der Waals surface area contributed by atoms with Crippen molar-refractivity contribution in [3.63, 3.8) is 0 Å². The molecule has 0 unspecified atom stereocenters. The molecule has 258 valence electrons. The number of nitro groups is 1. The molecule has 6 rings (SSSR count). The van der Waals surface area contributed by atoms with Gasteiger partial charge < -0.3 is 29.2 Å². The van der Waals surface area contributed by atoms with Crippen LogP contribution in [0.25, 0.3) is 0 Å². The van der Waals surface area contributed by atoms with E-state index in [-0.39, 0.29) is 50.9 Å². The number of non-ortho nitro benzene ring substituents is 1. The second kappa shape index (κ2) is 13.3.